The van der Waals surface area contributed by atoms with E-state index in [-0.39, 0.29) is 71.4 Å². The number of aryl methyl sites for hydroxylation is 1. The number of anilines is 2. The number of alkyl halides is 1. The number of carbonyl (C=O) groups is 2. The zero-order valence-electron chi connectivity index (χ0n) is 20.9. The first-order chi connectivity index (χ1) is 18.5. The monoisotopic (exact) mass is 562 g/mol. The van der Waals surface area contributed by atoms with Crippen LogP contribution in [0.25, 0.3) is 0 Å². The van der Waals surface area contributed by atoms with Crippen molar-refractivity contribution >= 4 is 35.1 Å². The maximum atomic E-state index is 16.2. The van der Waals surface area contributed by atoms with Crippen molar-refractivity contribution in [3.63, 3.8) is 0 Å². The van der Waals surface area contributed by atoms with Crippen molar-refractivity contribution < 1.29 is 27.2 Å². The van der Waals surface area contributed by atoms with Gasteiger partial charge in [0.05, 0.1) is 28.7 Å². The molecular formula is C26H23ClF4N6O2. The van der Waals surface area contributed by atoms with Gasteiger partial charge in [0.25, 0.3) is 5.91 Å². The zero-order chi connectivity index (χ0) is 27.8. The Hall–Kier alpha value is -3.67. The van der Waals surface area contributed by atoms with Gasteiger partial charge in [-0.05, 0) is 19.4 Å². The lowest BCUT2D eigenvalue weighted by Crippen LogP contribution is -2.58. The Morgan fingerprint density at radius 1 is 1.21 bits per heavy atom. The van der Waals surface area contributed by atoms with Crippen LogP contribution in [0.15, 0.2) is 30.6 Å². The molecule has 4 heterocycles. The number of pyridine rings is 1. The van der Waals surface area contributed by atoms with Gasteiger partial charge >= 0.3 is 0 Å². The third-order valence-electron chi connectivity index (χ3n) is 7.65. The van der Waals surface area contributed by atoms with Crippen LogP contribution in [-0.2, 0) is 17.3 Å². The highest BCUT2D eigenvalue weighted by atomic mass is 35.5. The summed E-state index contributed by atoms with van der Waals surface area (Å²) in [5.41, 5.74) is -1.81. The lowest BCUT2D eigenvalue weighted by molar-refractivity contribution is -0.136. The maximum Gasteiger partial charge on any atom is 0.261 e. The van der Waals surface area contributed by atoms with E-state index in [1.807, 2.05) is 0 Å². The van der Waals surface area contributed by atoms with Crippen LogP contribution in [0.3, 0.4) is 0 Å². The molecule has 0 spiro atoms. The normalized spacial score (nSPS) is 24.4. The molecule has 2 fully saturated rings. The molecule has 39 heavy (non-hydrogen) atoms. The van der Waals surface area contributed by atoms with Crippen LogP contribution in [0.5, 0.6) is 0 Å². The standard InChI is InChI=1S/C26H23ClF4N6O2/c1-26(15-4-3-5-16(27)20(15)30)11-37(23-18(29)10-35(2)34-23)25(39)14-7-32-22(21(31)19(14)26)33-12-8-36(9-12)24(38)13-6-17(13)28/h3-5,7,10,12-13,17H,6,8-9,11H2,1-2H3,(H,32,33)/t13-,17+,26+/m0/s1. The number of hydrogen-bond acceptors (Lipinski definition) is 5. The number of halogens is 5. The molecule has 13 heteroatoms. The Labute approximate surface area is 225 Å². The summed E-state index contributed by atoms with van der Waals surface area (Å²) in [4.78, 5) is 32.4. The van der Waals surface area contributed by atoms with E-state index in [1.165, 1.54) is 34.8 Å². The van der Waals surface area contributed by atoms with Crippen LogP contribution >= 0.6 is 11.6 Å². The van der Waals surface area contributed by atoms with Crippen molar-refractivity contribution in [1.29, 1.82) is 0 Å². The van der Waals surface area contributed by atoms with Crippen molar-refractivity contribution in [2.75, 3.05) is 29.9 Å². The van der Waals surface area contributed by atoms with Crippen molar-refractivity contribution in [3.05, 3.63) is 69.8 Å². The van der Waals surface area contributed by atoms with Crippen molar-refractivity contribution in [1.82, 2.24) is 19.7 Å². The van der Waals surface area contributed by atoms with E-state index in [2.05, 4.69) is 15.4 Å². The van der Waals surface area contributed by atoms with Crippen LogP contribution in [0.1, 0.15) is 34.8 Å². The van der Waals surface area contributed by atoms with Gasteiger partial charge in [0.1, 0.15) is 12.0 Å². The van der Waals surface area contributed by atoms with Gasteiger partial charge in [0.15, 0.2) is 23.3 Å². The molecule has 8 nitrogen and oxygen atoms in total. The average Bonchev–Trinajstić information content (AvgIpc) is 3.50. The Kier molecular flexibility index (Phi) is 5.87. The largest absolute Gasteiger partial charge is 0.361 e. The molecule has 1 saturated carbocycles. The van der Waals surface area contributed by atoms with E-state index in [1.54, 1.807) is 6.92 Å². The summed E-state index contributed by atoms with van der Waals surface area (Å²) in [5.74, 6) is -4.52. The summed E-state index contributed by atoms with van der Waals surface area (Å²) in [5, 5.41) is 6.79. The van der Waals surface area contributed by atoms with Crippen molar-refractivity contribution in [3.8, 4) is 0 Å². The molecule has 2 amide bonds. The van der Waals surface area contributed by atoms with Gasteiger partial charge < -0.3 is 10.2 Å². The number of fused-ring (bicyclic) bond motifs is 1. The number of benzene rings is 1. The van der Waals surface area contributed by atoms with Crippen LogP contribution in [-0.4, -0.2) is 63.3 Å². The van der Waals surface area contributed by atoms with Crippen molar-refractivity contribution in [2.24, 2.45) is 13.0 Å². The van der Waals surface area contributed by atoms with Gasteiger partial charge in [-0.25, -0.2) is 22.5 Å². The summed E-state index contributed by atoms with van der Waals surface area (Å²) in [6.45, 7) is 1.70. The number of hydrogen-bond donors (Lipinski definition) is 1. The molecule has 2 aromatic heterocycles. The first kappa shape index (κ1) is 25.6. The van der Waals surface area contributed by atoms with E-state index in [0.29, 0.717) is 0 Å². The Balaban J connectivity index is 1.39. The minimum Gasteiger partial charge on any atom is -0.361 e. The second-order valence-electron chi connectivity index (χ2n) is 10.5. The highest BCUT2D eigenvalue weighted by molar-refractivity contribution is 6.30. The topological polar surface area (TPSA) is 83.4 Å². The number of carbonyl (C=O) groups excluding carboxylic acids is 2. The van der Waals surface area contributed by atoms with Crippen LogP contribution < -0.4 is 10.2 Å². The molecule has 0 unspecified atom stereocenters. The minimum atomic E-state index is -1.52. The number of aromatic nitrogens is 3. The summed E-state index contributed by atoms with van der Waals surface area (Å²) >= 11 is 6.07. The summed E-state index contributed by atoms with van der Waals surface area (Å²) in [7, 11) is 1.49. The fourth-order valence-corrected chi connectivity index (χ4v) is 5.63. The summed E-state index contributed by atoms with van der Waals surface area (Å²) < 4.78 is 60.8. The SMILES string of the molecule is Cn1cc(F)c(N2C[C@](C)(c3cccc(Cl)c3F)c3c(cnc(NC4CN(C(=O)[C@H]5C[C@H]5F)C4)c3F)C2=O)n1. The third kappa shape index (κ3) is 4.03. The first-order valence-electron chi connectivity index (χ1n) is 12.3. The van der Waals surface area contributed by atoms with E-state index < -0.39 is 40.9 Å². The Bertz CT molecular complexity index is 1530. The number of amides is 2. The van der Waals surface area contributed by atoms with E-state index >= 15 is 8.78 Å². The molecular weight excluding hydrogens is 540 g/mol. The third-order valence-corrected chi connectivity index (χ3v) is 7.94. The van der Waals surface area contributed by atoms with Gasteiger partial charge in [-0.3, -0.25) is 19.2 Å². The summed E-state index contributed by atoms with van der Waals surface area (Å²) in [6, 6.07) is 3.94. The van der Waals surface area contributed by atoms with Gasteiger partial charge in [0.2, 0.25) is 5.91 Å². The van der Waals surface area contributed by atoms with Gasteiger partial charge in [-0.1, -0.05) is 23.7 Å². The van der Waals surface area contributed by atoms with Gasteiger partial charge in [-0.2, -0.15) is 5.10 Å². The van der Waals surface area contributed by atoms with Crippen molar-refractivity contribution in [2.45, 2.75) is 31.0 Å². The molecule has 3 aromatic rings. The van der Waals surface area contributed by atoms with E-state index in [0.717, 1.165) is 17.3 Å². The summed E-state index contributed by atoms with van der Waals surface area (Å²) in [6.07, 6.45) is 1.37. The molecule has 3 aliphatic rings. The zero-order valence-corrected chi connectivity index (χ0v) is 21.6. The number of likely N-dealkylation sites (tertiary alicyclic amines) is 1. The lowest BCUT2D eigenvalue weighted by atomic mass is 9.71. The predicted molar refractivity (Wildman–Crippen MR) is 134 cm³/mol. The Morgan fingerprint density at radius 3 is 2.56 bits per heavy atom. The molecule has 0 bridgehead atoms. The number of nitrogens with zero attached hydrogens (tertiary/aromatic N) is 5. The van der Waals surface area contributed by atoms with Crippen LogP contribution in [0, 0.1) is 23.4 Å². The first-order valence-corrected chi connectivity index (χ1v) is 12.7. The van der Waals surface area contributed by atoms with E-state index in [4.69, 9.17) is 11.6 Å². The predicted octanol–water partition coefficient (Wildman–Crippen LogP) is 3.83. The van der Waals surface area contributed by atoms with Crippen LogP contribution in [0.2, 0.25) is 5.02 Å². The smallest absolute Gasteiger partial charge is 0.261 e. The molecule has 2 aliphatic heterocycles. The van der Waals surface area contributed by atoms with Crippen LogP contribution in [0.4, 0.5) is 29.2 Å². The molecule has 1 aliphatic carbocycles. The molecule has 204 valence electrons. The molecule has 3 atom stereocenters. The maximum absolute atomic E-state index is 16.2. The number of nitrogens with one attached hydrogen (secondary N) is 1. The second kappa shape index (κ2) is 8.94. The average molecular weight is 563 g/mol. The lowest BCUT2D eigenvalue weighted by Gasteiger charge is -2.42. The van der Waals surface area contributed by atoms with Gasteiger partial charge in [-0.15, -0.1) is 0 Å². The van der Waals surface area contributed by atoms with E-state index in [9.17, 15) is 18.4 Å². The molecule has 6 rings (SSSR count). The fourth-order valence-electron chi connectivity index (χ4n) is 5.45. The molecule has 1 aromatic carbocycles. The highest BCUT2D eigenvalue weighted by Gasteiger charge is 2.49. The molecule has 1 N–H and O–H groups in total. The minimum absolute atomic E-state index is 0.00626. The molecule has 0 radical (unpaired) electrons. The molecule has 1 saturated heterocycles. The number of rotatable bonds is 5. The second-order valence-corrected chi connectivity index (χ2v) is 10.9. The quantitative estimate of drug-likeness (QED) is 0.478. The van der Waals surface area contributed by atoms with Gasteiger partial charge in [0, 0.05) is 49.4 Å². The fraction of sp³-hybridized carbons (Fsp3) is 0.385. The highest BCUT2D eigenvalue weighted by Crippen LogP contribution is 2.45. The Morgan fingerprint density at radius 2 is 1.92 bits per heavy atom.